The summed E-state index contributed by atoms with van der Waals surface area (Å²) in [5, 5.41) is 3.54. The third-order valence-corrected chi connectivity index (χ3v) is 5.51. The lowest BCUT2D eigenvalue weighted by Crippen LogP contribution is -2.18. The number of ether oxygens (including phenoxy) is 1. The molecular weight excluding hydrogens is 441 g/mol. The highest BCUT2D eigenvalue weighted by molar-refractivity contribution is 6.16. The van der Waals surface area contributed by atoms with Gasteiger partial charge in [0.1, 0.15) is 0 Å². The molecule has 0 atom stereocenters. The molecule has 34 heavy (non-hydrogen) atoms. The van der Waals surface area contributed by atoms with Gasteiger partial charge >= 0.3 is 6.18 Å². The van der Waals surface area contributed by atoms with Gasteiger partial charge in [-0.2, -0.15) is 13.2 Å². The highest BCUT2D eigenvalue weighted by Gasteiger charge is 2.34. The second-order valence-corrected chi connectivity index (χ2v) is 7.81. The Labute approximate surface area is 195 Å². The molecule has 4 rings (SSSR count). The molecule has 4 aromatic rings. The maximum atomic E-state index is 13.7. The summed E-state index contributed by atoms with van der Waals surface area (Å²) in [4.78, 5) is 17.5. The first-order valence-corrected chi connectivity index (χ1v) is 10.8. The van der Waals surface area contributed by atoms with Crippen LogP contribution in [0.25, 0.3) is 22.0 Å². The van der Waals surface area contributed by atoms with Crippen LogP contribution in [-0.4, -0.2) is 31.0 Å². The van der Waals surface area contributed by atoms with E-state index in [4.69, 9.17) is 4.74 Å². The normalized spacial score (nSPS) is 11.6. The van der Waals surface area contributed by atoms with Gasteiger partial charge in [-0.1, -0.05) is 60.7 Å². The number of carbonyl (C=O) groups excluding carboxylic acids is 1. The average molecular weight is 464 g/mol. The Morgan fingerprint density at radius 1 is 1.00 bits per heavy atom. The minimum absolute atomic E-state index is 0.182. The van der Waals surface area contributed by atoms with Gasteiger partial charge in [0.2, 0.25) is 0 Å². The van der Waals surface area contributed by atoms with E-state index < -0.39 is 11.7 Å². The number of carbonyl (C=O) groups is 1. The van der Waals surface area contributed by atoms with E-state index in [-0.39, 0.29) is 22.2 Å². The number of hydrogen-bond donors (Lipinski definition) is 1. The Balaban J connectivity index is 1.90. The fourth-order valence-corrected chi connectivity index (χ4v) is 3.92. The number of fused-ring (bicyclic) bond motifs is 1. The first-order valence-electron chi connectivity index (χ1n) is 10.8. The third kappa shape index (κ3) is 5.00. The summed E-state index contributed by atoms with van der Waals surface area (Å²) in [5.74, 6) is -0.300. The fraction of sp³-hybridized carbons (Fsp3) is 0.185. The molecular formula is C27H23F3N2O2. The molecule has 0 radical (unpaired) electrons. The van der Waals surface area contributed by atoms with Crippen LogP contribution in [0.5, 0.6) is 0 Å². The number of halogens is 3. The van der Waals surface area contributed by atoms with E-state index in [1.807, 2.05) is 18.2 Å². The largest absolute Gasteiger partial charge is 0.418 e. The predicted octanol–water partition coefficient (Wildman–Crippen LogP) is 5.89. The van der Waals surface area contributed by atoms with Crippen LogP contribution in [-0.2, 0) is 17.5 Å². The Kier molecular flexibility index (Phi) is 7.05. The van der Waals surface area contributed by atoms with Crippen LogP contribution in [0.15, 0.2) is 79.0 Å². The number of alkyl halides is 3. The standard InChI is InChI=1S/C27H23F3N2O2/c1-34-14-13-31-16-18-7-5-10-20(15-18)24-21-11-6-12-23(27(28,29)30)25(21)32-17-22(24)26(33)19-8-3-2-4-9-19/h2-12,15,17,31H,13-14,16H2,1H3. The van der Waals surface area contributed by atoms with Crippen LogP contribution < -0.4 is 5.32 Å². The van der Waals surface area contributed by atoms with Crippen LogP contribution >= 0.6 is 0 Å². The number of rotatable bonds is 8. The molecule has 0 bridgehead atoms. The summed E-state index contributed by atoms with van der Waals surface area (Å²) in [6, 6.07) is 20.0. The summed E-state index contributed by atoms with van der Waals surface area (Å²) >= 11 is 0. The number of hydrogen-bond acceptors (Lipinski definition) is 4. The van der Waals surface area contributed by atoms with Gasteiger partial charge < -0.3 is 10.1 Å². The second kappa shape index (κ2) is 10.2. The summed E-state index contributed by atoms with van der Waals surface area (Å²) in [7, 11) is 1.62. The third-order valence-electron chi connectivity index (χ3n) is 5.51. The lowest BCUT2D eigenvalue weighted by Gasteiger charge is -2.16. The molecule has 1 heterocycles. The van der Waals surface area contributed by atoms with Crippen molar-refractivity contribution < 1.29 is 22.7 Å². The van der Waals surface area contributed by atoms with Crippen LogP contribution in [0.1, 0.15) is 27.0 Å². The first-order chi connectivity index (χ1) is 16.4. The number of benzene rings is 3. The van der Waals surface area contributed by atoms with Crippen LogP contribution in [0, 0.1) is 0 Å². The minimum atomic E-state index is -4.57. The second-order valence-electron chi connectivity index (χ2n) is 7.81. The van der Waals surface area contributed by atoms with Crippen molar-refractivity contribution in [2.45, 2.75) is 12.7 Å². The summed E-state index contributed by atoms with van der Waals surface area (Å²) in [5.41, 5.74) is 1.70. The van der Waals surface area contributed by atoms with Gasteiger partial charge in [-0.05, 0) is 23.3 Å². The molecule has 174 valence electrons. The first kappa shape index (κ1) is 23.6. The molecule has 3 aromatic carbocycles. The van der Waals surface area contributed by atoms with Crippen molar-refractivity contribution in [2.75, 3.05) is 20.3 Å². The van der Waals surface area contributed by atoms with Crippen molar-refractivity contribution in [3.8, 4) is 11.1 Å². The number of nitrogens with zero attached hydrogens (tertiary/aromatic N) is 1. The molecule has 4 nitrogen and oxygen atoms in total. The minimum Gasteiger partial charge on any atom is -0.383 e. The van der Waals surface area contributed by atoms with E-state index in [1.54, 1.807) is 49.6 Å². The smallest absolute Gasteiger partial charge is 0.383 e. The van der Waals surface area contributed by atoms with Crippen molar-refractivity contribution in [3.63, 3.8) is 0 Å². The molecule has 0 aliphatic carbocycles. The fourth-order valence-electron chi connectivity index (χ4n) is 3.92. The van der Waals surface area contributed by atoms with Crippen molar-refractivity contribution in [1.82, 2.24) is 10.3 Å². The Morgan fingerprint density at radius 2 is 1.76 bits per heavy atom. The van der Waals surface area contributed by atoms with Gasteiger partial charge in [0, 0.05) is 48.5 Å². The van der Waals surface area contributed by atoms with Crippen molar-refractivity contribution in [1.29, 1.82) is 0 Å². The van der Waals surface area contributed by atoms with E-state index in [2.05, 4.69) is 10.3 Å². The highest BCUT2D eigenvalue weighted by Crippen LogP contribution is 2.39. The zero-order valence-electron chi connectivity index (χ0n) is 18.5. The summed E-state index contributed by atoms with van der Waals surface area (Å²) in [6.07, 6.45) is -3.31. The number of pyridine rings is 1. The van der Waals surface area contributed by atoms with E-state index in [1.165, 1.54) is 12.3 Å². The lowest BCUT2D eigenvalue weighted by molar-refractivity contribution is -0.136. The number of para-hydroxylation sites is 1. The Bertz CT molecular complexity index is 1300. The Hall–Kier alpha value is -3.55. The molecule has 7 heteroatoms. The number of methoxy groups -OCH3 is 1. The van der Waals surface area contributed by atoms with E-state index in [0.29, 0.717) is 36.4 Å². The Morgan fingerprint density at radius 3 is 2.50 bits per heavy atom. The van der Waals surface area contributed by atoms with Gasteiger partial charge in [-0.25, -0.2) is 0 Å². The monoisotopic (exact) mass is 464 g/mol. The molecule has 0 amide bonds. The van der Waals surface area contributed by atoms with Gasteiger partial charge in [-0.15, -0.1) is 0 Å². The van der Waals surface area contributed by atoms with Gasteiger partial charge in [0.15, 0.2) is 5.78 Å². The molecule has 1 aromatic heterocycles. The van der Waals surface area contributed by atoms with Crippen LogP contribution in [0.3, 0.4) is 0 Å². The predicted molar refractivity (Wildman–Crippen MR) is 126 cm³/mol. The molecule has 0 spiro atoms. The quantitative estimate of drug-likeness (QED) is 0.261. The number of nitrogens with one attached hydrogen (secondary N) is 1. The van der Waals surface area contributed by atoms with Gasteiger partial charge in [0.05, 0.1) is 17.7 Å². The van der Waals surface area contributed by atoms with Crippen LogP contribution in [0.4, 0.5) is 13.2 Å². The molecule has 0 aliphatic heterocycles. The maximum Gasteiger partial charge on any atom is 0.418 e. The van der Waals surface area contributed by atoms with Crippen molar-refractivity contribution in [2.24, 2.45) is 0 Å². The van der Waals surface area contributed by atoms with Crippen molar-refractivity contribution in [3.05, 3.63) is 101 Å². The molecule has 0 fully saturated rings. The zero-order chi connectivity index (χ0) is 24.1. The lowest BCUT2D eigenvalue weighted by atomic mass is 9.90. The molecule has 0 unspecified atom stereocenters. The topological polar surface area (TPSA) is 51.2 Å². The van der Waals surface area contributed by atoms with Gasteiger partial charge in [-0.3, -0.25) is 9.78 Å². The number of ketones is 1. The molecule has 0 saturated heterocycles. The van der Waals surface area contributed by atoms with E-state index >= 15 is 0 Å². The van der Waals surface area contributed by atoms with E-state index in [9.17, 15) is 18.0 Å². The molecule has 0 saturated carbocycles. The highest BCUT2D eigenvalue weighted by atomic mass is 19.4. The molecule has 0 aliphatic rings. The number of aromatic nitrogens is 1. The summed E-state index contributed by atoms with van der Waals surface area (Å²) < 4.78 is 46.2. The average Bonchev–Trinajstić information content (AvgIpc) is 2.85. The molecule has 1 N–H and O–H groups in total. The van der Waals surface area contributed by atoms with Gasteiger partial charge in [0.25, 0.3) is 0 Å². The van der Waals surface area contributed by atoms with Crippen molar-refractivity contribution >= 4 is 16.7 Å². The zero-order valence-corrected chi connectivity index (χ0v) is 18.5. The maximum absolute atomic E-state index is 13.7. The SMILES string of the molecule is COCCNCc1cccc(-c2c(C(=O)c3ccccc3)cnc3c(C(F)(F)F)cccc23)c1. The summed E-state index contributed by atoms with van der Waals surface area (Å²) in [6.45, 7) is 1.77. The van der Waals surface area contributed by atoms with Crippen LogP contribution in [0.2, 0.25) is 0 Å². The van der Waals surface area contributed by atoms with E-state index in [0.717, 1.165) is 11.6 Å².